The highest BCUT2D eigenvalue weighted by molar-refractivity contribution is 5.67. The van der Waals surface area contributed by atoms with Crippen LogP contribution in [0.5, 0.6) is 0 Å². The number of amides is 2. The Morgan fingerprint density at radius 3 is 1.62 bits per heavy atom. The lowest BCUT2D eigenvalue weighted by Crippen LogP contribution is -2.24. The molecule has 0 spiro atoms. The van der Waals surface area contributed by atoms with Crippen LogP contribution in [0.1, 0.15) is 64.2 Å². The van der Waals surface area contributed by atoms with Gasteiger partial charge in [0.15, 0.2) is 0 Å². The van der Waals surface area contributed by atoms with Crippen LogP contribution >= 0.6 is 0 Å². The van der Waals surface area contributed by atoms with Crippen LogP contribution in [0.25, 0.3) is 0 Å². The van der Waals surface area contributed by atoms with E-state index in [1.165, 1.54) is 12.8 Å². The quantitative estimate of drug-likeness (QED) is 0.783. The Bertz CT molecular complexity index is 336. The summed E-state index contributed by atoms with van der Waals surface area (Å²) in [5.74, 6) is 0. The minimum atomic E-state index is -0.975. The molecule has 2 N–H and O–H groups in total. The summed E-state index contributed by atoms with van der Waals surface area (Å²) < 4.78 is 9.55. The Balaban J connectivity index is 0.000000211. The molecule has 0 saturated heterocycles. The maximum Gasteiger partial charge on any atom is 0.470 e. The Labute approximate surface area is 124 Å². The largest absolute Gasteiger partial charge is 0.470 e. The van der Waals surface area contributed by atoms with E-state index in [4.69, 9.17) is 15.2 Å². The molecule has 0 aliphatic heterocycles. The smallest absolute Gasteiger partial charge is 0.446 e. The van der Waals surface area contributed by atoms with E-state index in [1.807, 2.05) is 0 Å². The van der Waals surface area contributed by atoms with Crippen LogP contribution in [-0.2, 0) is 9.47 Å². The molecule has 0 aromatic heterocycles. The summed E-state index contributed by atoms with van der Waals surface area (Å²) in [5, 5.41) is 2.17. The van der Waals surface area contributed by atoms with E-state index in [2.05, 4.69) is 5.18 Å². The first-order chi connectivity index (χ1) is 10.1. The van der Waals surface area contributed by atoms with Gasteiger partial charge in [-0.05, 0) is 51.4 Å². The second-order valence-electron chi connectivity index (χ2n) is 5.43. The first-order valence-corrected chi connectivity index (χ1v) is 7.62. The molecule has 21 heavy (non-hydrogen) atoms. The lowest BCUT2D eigenvalue weighted by Gasteiger charge is -2.20. The molecule has 0 atom stereocenters. The Kier molecular flexibility index (Phi) is 8.38. The number of carbonyl (C=O) groups excluding carboxylic acids is 2. The van der Waals surface area contributed by atoms with Crippen LogP contribution in [0.15, 0.2) is 5.18 Å². The number of hydrogen-bond acceptors (Lipinski definition) is 5. The van der Waals surface area contributed by atoms with Gasteiger partial charge in [-0.1, -0.05) is 12.8 Å². The lowest BCUT2D eigenvalue weighted by molar-refractivity contribution is 0.0822. The van der Waals surface area contributed by atoms with Crippen molar-refractivity contribution in [1.82, 2.24) is 0 Å². The van der Waals surface area contributed by atoms with E-state index in [0.717, 1.165) is 51.4 Å². The Morgan fingerprint density at radius 2 is 1.24 bits per heavy atom. The van der Waals surface area contributed by atoms with Crippen LogP contribution in [0, 0.1) is 4.91 Å². The van der Waals surface area contributed by atoms with Gasteiger partial charge in [0.1, 0.15) is 12.2 Å². The lowest BCUT2D eigenvalue weighted by atomic mass is 9.98. The maximum absolute atomic E-state index is 10.4. The minimum absolute atomic E-state index is 0.0612. The molecule has 0 aromatic rings. The highest BCUT2D eigenvalue weighted by atomic mass is 16.6. The van der Waals surface area contributed by atoms with Crippen molar-refractivity contribution in [2.75, 3.05) is 0 Å². The van der Waals surface area contributed by atoms with Gasteiger partial charge in [0, 0.05) is 0 Å². The summed E-state index contributed by atoms with van der Waals surface area (Å²) in [6, 6.07) is 0. The molecule has 0 aromatic carbocycles. The second-order valence-corrected chi connectivity index (χ2v) is 5.43. The summed E-state index contributed by atoms with van der Waals surface area (Å²) in [6.07, 6.45) is 9.11. The Morgan fingerprint density at radius 1 is 0.810 bits per heavy atom. The van der Waals surface area contributed by atoms with Crippen LogP contribution in [0.2, 0.25) is 0 Å². The SMILES string of the molecule is NC(=O)OC1CCCCC1.O=NC(=O)OC1CCCCC1. The molecular formula is C14H24N2O5. The van der Waals surface area contributed by atoms with Crippen molar-refractivity contribution < 1.29 is 19.1 Å². The van der Waals surface area contributed by atoms with Crippen LogP contribution < -0.4 is 5.73 Å². The van der Waals surface area contributed by atoms with Crippen LogP contribution in [0.3, 0.4) is 0 Å². The fourth-order valence-corrected chi connectivity index (χ4v) is 2.69. The van der Waals surface area contributed by atoms with Gasteiger partial charge in [0.05, 0.1) is 5.18 Å². The molecule has 2 fully saturated rings. The van der Waals surface area contributed by atoms with Gasteiger partial charge in [-0.15, -0.1) is 4.91 Å². The molecule has 2 rings (SSSR count). The molecule has 120 valence electrons. The number of primary amides is 1. The molecule has 2 aliphatic rings. The third kappa shape index (κ3) is 8.27. The summed E-state index contributed by atoms with van der Waals surface area (Å²) in [5.41, 5.74) is 4.86. The van der Waals surface area contributed by atoms with E-state index in [9.17, 15) is 14.5 Å². The van der Waals surface area contributed by atoms with Gasteiger partial charge in [0.25, 0.3) is 0 Å². The van der Waals surface area contributed by atoms with E-state index in [1.54, 1.807) is 0 Å². The number of rotatable bonds is 2. The number of nitrogens with two attached hydrogens (primary N) is 1. The highest BCUT2D eigenvalue weighted by Gasteiger charge is 2.17. The summed E-state index contributed by atoms with van der Waals surface area (Å²) >= 11 is 0. The molecule has 2 saturated carbocycles. The molecule has 2 aliphatic carbocycles. The van der Waals surface area contributed by atoms with Gasteiger partial charge in [0.2, 0.25) is 0 Å². The zero-order valence-electron chi connectivity index (χ0n) is 12.3. The van der Waals surface area contributed by atoms with Gasteiger partial charge in [-0.25, -0.2) is 9.59 Å². The number of nitrogens with zero attached hydrogens (tertiary/aromatic N) is 1. The average molecular weight is 300 g/mol. The standard InChI is InChI=1S/C7H11NO3.C7H13NO2/c9-7(8-10)11-6-4-2-1-3-5-6;8-7(9)10-6-4-2-1-3-5-6/h6H,1-5H2;6H,1-5H2,(H2,8,9). The van der Waals surface area contributed by atoms with Crippen LogP contribution in [0.4, 0.5) is 9.59 Å². The highest BCUT2D eigenvalue weighted by Crippen LogP contribution is 2.20. The summed E-state index contributed by atoms with van der Waals surface area (Å²) in [4.78, 5) is 30.3. The maximum atomic E-state index is 10.4. The van der Waals surface area contributed by atoms with E-state index in [-0.39, 0.29) is 12.2 Å². The number of ether oxygens (including phenoxy) is 2. The summed E-state index contributed by atoms with van der Waals surface area (Å²) in [7, 11) is 0. The third-order valence-electron chi connectivity index (χ3n) is 3.73. The van der Waals surface area contributed by atoms with Crippen molar-refractivity contribution in [3.05, 3.63) is 4.91 Å². The normalized spacial score (nSPS) is 19.8. The van der Waals surface area contributed by atoms with Gasteiger partial charge < -0.3 is 15.2 Å². The third-order valence-corrected chi connectivity index (χ3v) is 3.73. The molecule has 0 bridgehead atoms. The molecule has 2 amide bonds. The van der Waals surface area contributed by atoms with Gasteiger partial charge in [-0.2, -0.15) is 0 Å². The van der Waals surface area contributed by atoms with Gasteiger partial charge in [-0.3, -0.25) is 0 Å². The van der Waals surface area contributed by atoms with Gasteiger partial charge >= 0.3 is 12.2 Å². The predicted molar refractivity (Wildman–Crippen MR) is 76.7 cm³/mol. The number of nitroso groups, excluding NO2 is 1. The van der Waals surface area contributed by atoms with Crippen molar-refractivity contribution in [3.63, 3.8) is 0 Å². The average Bonchev–Trinajstić information content (AvgIpc) is 2.49. The van der Waals surface area contributed by atoms with Crippen molar-refractivity contribution in [2.24, 2.45) is 10.9 Å². The molecule has 0 unspecified atom stereocenters. The fourth-order valence-electron chi connectivity index (χ4n) is 2.69. The first kappa shape index (κ1) is 17.4. The number of hydrogen-bond donors (Lipinski definition) is 1. The fraction of sp³-hybridized carbons (Fsp3) is 0.857. The van der Waals surface area contributed by atoms with E-state index < -0.39 is 12.2 Å². The van der Waals surface area contributed by atoms with Crippen molar-refractivity contribution >= 4 is 12.2 Å². The van der Waals surface area contributed by atoms with E-state index in [0.29, 0.717) is 0 Å². The molecule has 0 heterocycles. The van der Waals surface area contributed by atoms with E-state index >= 15 is 0 Å². The summed E-state index contributed by atoms with van der Waals surface area (Å²) in [6.45, 7) is 0. The molecule has 7 heteroatoms. The first-order valence-electron chi connectivity index (χ1n) is 7.62. The van der Waals surface area contributed by atoms with Crippen molar-refractivity contribution in [1.29, 1.82) is 0 Å². The second kappa shape index (κ2) is 10.1. The molecular weight excluding hydrogens is 276 g/mol. The van der Waals surface area contributed by atoms with Crippen molar-refractivity contribution in [2.45, 2.75) is 76.4 Å². The minimum Gasteiger partial charge on any atom is -0.446 e. The topological polar surface area (TPSA) is 108 Å². The Hall–Kier alpha value is -1.66. The monoisotopic (exact) mass is 300 g/mol. The van der Waals surface area contributed by atoms with Crippen molar-refractivity contribution in [3.8, 4) is 0 Å². The molecule has 0 radical (unpaired) electrons. The van der Waals surface area contributed by atoms with Crippen LogP contribution in [-0.4, -0.2) is 24.4 Å². The molecule has 7 nitrogen and oxygen atoms in total. The predicted octanol–water partition coefficient (Wildman–Crippen LogP) is 3.64. The number of carbonyl (C=O) groups is 2. The zero-order valence-corrected chi connectivity index (χ0v) is 12.3. The zero-order chi connectivity index (χ0) is 15.5.